The number of halogens is 4. The maximum atomic E-state index is 13.8. The number of alkyl halides is 3. The molecule has 1 aromatic carbocycles. The lowest BCUT2D eigenvalue weighted by Crippen LogP contribution is -2.51. The van der Waals surface area contributed by atoms with Crippen LogP contribution in [-0.4, -0.2) is 29.4 Å². The highest BCUT2D eigenvalue weighted by atomic mass is 19.4. The molecule has 2 atom stereocenters. The number of nitrogens with two attached hydrogens (primary N) is 1. The van der Waals surface area contributed by atoms with Gasteiger partial charge in [-0.15, -0.1) is 0 Å². The predicted molar refractivity (Wildman–Crippen MR) is 73.7 cm³/mol. The van der Waals surface area contributed by atoms with Crippen molar-refractivity contribution in [3.63, 3.8) is 0 Å². The van der Waals surface area contributed by atoms with Gasteiger partial charge in [0.1, 0.15) is 5.82 Å². The van der Waals surface area contributed by atoms with Crippen LogP contribution in [0.15, 0.2) is 18.2 Å². The van der Waals surface area contributed by atoms with Gasteiger partial charge in [-0.1, -0.05) is 0 Å². The number of nitrogens with zero attached hydrogens (tertiary/aromatic N) is 1. The summed E-state index contributed by atoms with van der Waals surface area (Å²) in [7, 11) is 0. The molecule has 1 amide bonds. The van der Waals surface area contributed by atoms with Crippen LogP contribution in [0.5, 0.6) is 0 Å². The molecule has 0 radical (unpaired) electrons. The molecule has 122 valence electrons. The molecule has 22 heavy (non-hydrogen) atoms. The number of hydrogen-bond acceptors (Lipinski definition) is 2. The molecule has 2 unspecified atom stereocenters. The second kappa shape index (κ2) is 6.24. The molecule has 0 aliphatic carbocycles. The van der Waals surface area contributed by atoms with Crippen molar-refractivity contribution in [2.75, 3.05) is 6.54 Å². The maximum Gasteiger partial charge on any atom is 0.416 e. The second-order valence-corrected chi connectivity index (χ2v) is 5.61. The van der Waals surface area contributed by atoms with Gasteiger partial charge in [0, 0.05) is 18.6 Å². The first kappa shape index (κ1) is 16.7. The van der Waals surface area contributed by atoms with E-state index in [-0.39, 0.29) is 12.1 Å². The zero-order valence-electron chi connectivity index (χ0n) is 12.2. The summed E-state index contributed by atoms with van der Waals surface area (Å²) in [5.74, 6) is -1.68. The third-order valence-corrected chi connectivity index (χ3v) is 3.94. The summed E-state index contributed by atoms with van der Waals surface area (Å²) in [5.41, 5.74) is 4.25. The summed E-state index contributed by atoms with van der Waals surface area (Å²) in [5, 5.41) is 0. The van der Waals surface area contributed by atoms with E-state index in [9.17, 15) is 22.4 Å². The number of hydrogen-bond donors (Lipinski definition) is 1. The lowest BCUT2D eigenvalue weighted by atomic mass is 9.95. The molecule has 0 bridgehead atoms. The van der Waals surface area contributed by atoms with Crippen LogP contribution in [0, 0.1) is 5.82 Å². The first-order valence-corrected chi connectivity index (χ1v) is 7.15. The number of carbonyl (C=O) groups is 1. The number of amides is 1. The molecule has 1 aliphatic heterocycles. The van der Waals surface area contributed by atoms with Gasteiger partial charge in [0.25, 0.3) is 5.91 Å². The van der Waals surface area contributed by atoms with Gasteiger partial charge < -0.3 is 10.6 Å². The van der Waals surface area contributed by atoms with Crippen molar-refractivity contribution in [3.05, 3.63) is 35.1 Å². The SMILES string of the molecule is CC(N)C1CCCCN1C(=O)c1cc(C(F)(F)F)ccc1F. The van der Waals surface area contributed by atoms with Gasteiger partial charge >= 0.3 is 6.18 Å². The second-order valence-electron chi connectivity index (χ2n) is 5.61. The maximum absolute atomic E-state index is 13.8. The van der Waals surface area contributed by atoms with Crippen molar-refractivity contribution < 1.29 is 22.4 Å². The predicted octanol–water partition coefficient (Wildman–Crippen LogP) is 3.19. The van der Waals surface area contributed by atoms with Crippen molar-refractivity contribution in [2.45, 2.75) is 44.4 Å². The minimum Gasteiger partial charge on any atom is -0.334 e. The normalized spacial score (nSPS) is 20.8. The first-order valence-electron chi connectivity index (χ1n) is 7.15. The van der Waals surface area contributed by atoms with Gasteiger partial charge in [0.15, 0.2) is 0 Å². The first-order chi connectivity index (χ1) is 10.2. The molecule has 2 rings (SSSR count). The minimum absolute atomic E-state index is 0.282. The standard InChI is InChI=1S/C15H18F4N2O/c1-9(20)13-4-2-3-7-21(13)14(22)11-8-10(15(17,18)19)5-6-12(11)16/h5-6,8-9,13H,2-4,7,20H2,1H3. The summed E-state index contributed by atoms with van der Waals surface area (Å²) >= 11 is 0. The molecular weight excluding hydrogens is 300 g/mol. The molecule has 0 spiro atoms. The third kappa shape index (κ3) is 3.40. The molecule has 3 nitrogen and oxygen atoms in total. The van der Waals surface area contributed by atoms with E-state index in [4.69, 9.17) is 5.73 Å². The highest BCUT2D eigenvalue weighted by Crippen LogP contribution is 2.31. The Morgan fingerprint density at radius 1 is 1.36 bits per heavy atom. The Hall–Kier alpha value is -1.63. The van der Waals surface area contributed by atoms with Crippen LogP contribution >= 0.6 is 0 Å². The van der Waals surface area contributed by atoms with Crippen LogP contribution in [0.25, 0.3) is 0 Å². The average Bonchev–Trinajstić information content (AvgIpc) is 2.45. The highest BCUT2D eigenvalue weighted by Gasteiger charge is 2.35. The molecule has 1 aliphatic rings. The molecule has 1 heterocycles. The fraction of sp³-hybridized carbons (Fsp3) is 0.533. The van der Waals surface area contributed by atoms with Crippen LogP contribution in [0.1, 0.15) is 42.1 Å². The fourth-order valence-electron chi connectivity index (χ4n) is 2.78. The summed E-state index contributed by atoms with van der Waals surface area (Å²) in [6, 6.07) is 1.28. The van der Waals surface area contributed by atoms with Gasteiger partial charge in [-0.2, -0.15) is 13.2 Å². The Morgan fingerprint density at radius 2 is 2.05 bits per heavy atom. The van der Waals surface area contributed by atoms with E-state index in [2.05, 4.69) is 0 Å². The monoisotopic (exact) mass is 318 g/mol. The Balaban J connectivity index is 2.35. The van der Waals surface area contributed by atoms with Crippen LogP contribution in [0.4, 0.5) is 17.6 Å². The fourth-order valence-corrected chi connectivity index (χ4v) is 2.78. The summed E-state index contributed by atoms with van der Waals surface area (Å²) in [4.78, 5) is 13.9. The van der Waals surface area contributed by atoms with Gasteiger partial charge in [-0.05, 0) is 44.4 Å². The number of piperidine rings is 1. The molecule has 0 saturated carbocycles. The average molecular weight is 318 g/mol. The topological polar surface area (TPSA) is 46.3 Å². The summed E-state index contributed by atoms with van der Waals surface area (Å²) < 4.78 is 52.1. The van der Waals surface area contributed by atoms with E-state index >= 15 is 0 Å². The van der Waals surface area contributed by atoms with Crippen molar-refractivity contribution in [1.82, 2.24) is 4.90 Å². The molecule has 2 N–H and O–H groups in total. The summed E-state index contributed by atoms with van der Waals surface area (Å²) in [6.07, 6.45) is -2.33. The number of carbonyl (C=O) groups excluding carboxylic acids is 1. The molecule has 7 heteroatoms. The van der Waals surface area contributed by atoms with Gasteiger partial charge in [0.05, 0.1) is 11.1 Å². The van der Waals surface area contributed by atoms with Crippen LogP contribution in [0.2, 0.25) is 0 Å². The zero-order valence-corrected chi connectivity index (χ0v) is 12.2. The van der Waals surface area contributed by atoms with Crippen molar-refractivity contribution in [1.29, 1.82) is 0 Å². The van der Waals surface area contributed by atoms with Crippen LogP contribution in [0.3, 0.4) is 0 Å². The Morgan fingerprint density at radius 3 is 2.64 bits per heavy atom. The number of benzene rings is 1. The van der Waals surface area contributed by atoms with Gasteiger partial charge in [-0.3, -0.25) is 4.79 Å². The molecule has 0 aromatic heterocycles. The third-order valence-electron chi connectivity index (χ3n) is 3.94. The Labute approximate surface area is 126 Å². The van der Waals surface area contributed by atoms with Crippen LogP contribution < -0.4 is 5.73 Å². The van der Waals surface area contributed by atoms with Crippen molar-refractivity contribution >= 4 is 5.91 Å². The van der Waals surface area contributed by atoms with Crippen molar-refractivity contribution in [3.8, 4) is 0 Å². The quantitative estimate of drug-likeness (QED) is 0.851. The van der Waals surface area contributed by atoms with Crippen LogP contribution in [-0.2, 0) is 6.18 Å². The lowest BCUT2D eigenvalue weighted by Gasteiger charge is -2.38. The van der Waals surface area contributed by atoms with E-state index in [0.29, 0.717) is 31.2 Å². The van der Waals surface area contributed by atoms with Gasteiger partial charge in [0.2, 0.25) is 0 Å². The van der Waals surface area contributed by atoms with E-state index < -0.39 is 29.0 Å². The minimum atomic E-state index is -4.62. The largest absolute Gasteiger partial charge is 0.416 e. The smallest absolute Gasteiger partial charge is 0.334 e. The van der Waals surface area contributed by atoms with Crippen molar-refractivity contribution in [2.24, 2.45) is 5.73 Å². The summed E-state index contributed by atoms with van der Waals surface area (Å²) in [6.45, 7) is 2.11. The highest BCUT2D eigenvalue weighted by molar-refractivity contribution is 5.95. The molecule has 1 aromatic rings. The number of likely N-dealkylation sites (tertiary alicyclic amines) is 1. The zero-order chi connectivity index (χ0) is 16.5. The van der Waals surface area contributed by atoms with E-state index in [1.807, 2.05) is 0 Å². The van der Waals surface area contributed by atoms with E-state index in [1.165, 1.54) is 4.90 Å². The van der Waals surface area contributed by atoms with Gasteiger partial charge in [-0.25, -0.2) is 4.39 Å². The lowest BCUT2D eigenvalue weighted by molar-refractivity contribution is -0.137. The number of rotatable bonds is 2. The molecule has 1 saturated heterocycles. The molecule has 1 fully saturated rings. The molecular formula is C15H18F4N2O. The Kier molecular flexibility index (Phi) is 4.75. The van der Waals surface area contributed by atoms with E-state index in [0.717, 1.165) is 12.8 Å². The Bertz CT molecular complexity index is 557. The van der Waals surface area contributed by atoms with E-state index in [1.54, 1.807) is 6.92 Å².